The van der Waals surface area contributed by atoms with Gasteiger partial charge in [-0.2, -0.15) is 0 Å². The third kappa shape index (κ3) is 7.10. The summed E-state index contributed by atoms with van der Waals surface area (Å²) < 4.78 is 21.5. The zero-order valence-electron chi connectivity index (χ0n) is 21.4. The molecule has 2 saturated heterocycles. The molecule has 0 unspecified atom stereocenters. The first-order chi connectivity index (χ1) is 19.5. The minimum Gasteiger partial charge on any atom is -0.432 e. The molecule has 8 N–H and O–H groups in total. The van der Waals surface area contributed by atoms with Crippen LogP contribution in [-0.2, 0) is 30.2 Å². The molecule has 0 saturated carbocycles. The maximum atomic E-state index is 12.8. The molecule has 10 atom stereocenters. The summed E-state index contributed by atoms with van der Waals surface area (Å²) in [7, 11) is 0. The zero-order valence-corrected chi connectivity index (χ0v) is 22.9. The first-order valence-corrected chi connectivity index (χ1v) is 13.4. The third-order valence-electron chi connectivity index (χ3n) is 6.78. The van der Waals surface area contributed by atoms with Crippen LogP contribution >= 0.6 is 23.2 Å². The van der Waals surface area contributed by atoms with Crippen molar-refractivity contribution in [2.75, 3.05) is 18.5 Å². The van der Waals surface area contributed by atoms with Crippen molar-refractivity contribution in [3.05, 3.63) is 58.1 Å². The third-order valence-corrected chi connectivity index (χ3v) is 7.41. The van der Waals surface area contributed by atoms with Crippen molar-refractivity contribution >= 4 is 40.5 Å². The van der Waals surface area contributed by atoms with Crippen molar-refractivity contribution in [1.29, 1.82) is 0 Å². The molecule has 226 valence electrons. The van der Waals surface area contributed by atoms with Crippen molar-refractivity contribution in [2.24, 2.45) is 0 Å². The van der Waals surface area contributed by atoms with Crippen LogP contribution in [0.1, 0.15) is 5.56 Å². The van der Waals surface area contributed by atoms with E-state index < -0.39 is 80.6 Å². The SMILES string of the molecule is O=C(Cc1ccccc1Nc1c(Cl)cccc1Cl)O[C@@H]1O[C@H](CO)[C@@H](O[C@@H]2O[C@H](CO)[C@@H](O)[C@H](O)[C@H]2O)[C@H](O)[C@H]1O. The Morgan fingerprint density at radius 1 is 0.780 bits per heavy atom. The number of nitrogens with one attached hydrogen (secondary N) is 1. The van der Waals surface area contributed by atoms with Crippen LogP contribution in [0, 0.1) is 0 Å². The van der Waals surface area contributed by atoms with E-state index in [2.05, 4.69) is 5.32 Å². The van der Waals surface area contributed by atoms with Gasteiger partial charge in [-0.25, -0.2) is 0 Å². The molecule has 2 fully saturated rings. The molecule has 4 rings (SSSR count). The minimum absolute atomic E-state index is 0.289. The molecule has 15 heteroatoms. The number of halogens is 2. The fourth-order valence-corrected chi connectivity index (χ4v) is 5.02. The van der Waals surface area contributed by atoms with E-state index in [4.69, 9.17) is 42.1 Å². The van der Waals surface area contributed by atoms with Crippen molar-refractivity contribution in [2.45, 2.75) is 67.8 Å². The van der Waals surface area contributed by atoms with Crippen LogP contribution in [0.15, 0.2) is 42.5 Å². The first-order valence-electron chi connectivity index (χ1n) is 12.6. The summed E-state index contributed by atoms with van der Waals surface area (Å²) in [4.78, 5) is 12.8. The Morgan fingerprint density at radius 2 is 1.39 bits per heavy atom. The lowest BCUT2D eigenvalue weighted by molar-refractivity contribution is -0.355. The standard InChI is InChI=1S/C26H31Cl2NO12/c27-12-5-3-6-13(28)18(12)29-14-7-2-1-4-11(14)8-17(32)40-25-23(37)21(35)24(16(10-31)39-25)41-26-22(36)20(34)19(33)15(9-30)38-26/h1-7,15-16,19-26,29-31,33-37H,8-10H2/t15-,16-,19-,20+,21-,22-,23-,24-,25+,26+/m1/s1. The Bertz CT molecular complexity index is 1170. The van der Waals surface area contributed by atoms with Gasteiger partial charge in [0.2, 0.25) is 6.29 Å². The van der Waals surface area contributed by atoms with E-state index in [0.29, 0.717) is 27.0 Å². The number of para-hydroxylation sites is 2. The lowest BCUT2D eigenvalue weighted by Gasteiger charge is -2.45. The van der Waals surface area contributed by atoms with E-state index in [-0.39, 0.29) is 6.42 Å². The molecule has 2 aromatic carbocycles. The van der Waals surface area contributed by atoms with Gasteiger partial charge < -0.3 is 60.0 Å². The second-order valence-corrected chi connectivity index (χ2v) is 10.4. The van der Waals surface area contributed by atoms with Gasteiger partial charge in [0, 0.05) is 5.69 Å². The second-order valence-electron chi connectivity index (χ2n) is 9.55. The summed E-state index contributed by atoms with van der Waals surface area (Å²) in [6.45, 7) is -1.49. The van der Waals surface area contributed by atoms with Gasteiger partial charge in [0.05, 0.1) is 35.4 Å². The average molecular weight is 620 g/mol. The minimum atomic E-state index is -1.85. The number of aliphatic hydroxyl groups excluding tert-OH is 7. The molecule has 2 aliphatic rings. The molecule has 0 amide bonds. The van der Waals surface area contributed by atoms with Crippen LogP contribution < -0.4 is 5.32 Å². The highest BCUT2D eigenvalue weighted by atomic mass is 35.5. The molecular weight excluding hydrogens is 589 g/mol. The molecular formula is C26H31Cl2NO12. The van der Waals surface area contributed by atoms with Crippen molar-refractivity contribution in [3.8, 4) is 0 Å². The van der Waals surface area contributed by atoms with E-state index in [0.717, 1.165) is 0 Å². The molecule has 41 heavy (non-hydrogen) atoms. The maximum Gasteiger partial charge on any atom is 0.312 e. The van der Waals surface area contributed by atoms with E-state index in [1.165, 1.54) is 0 Å². The number of benzene rings is 2. The highest BCUT2D eigenvalue weighted by Gasteiger charge is 2.51. The Hall–Kier alpha value is -2.11. The lowest BCUT2D eigenvalue weighted by Crippen LogP contribution is -2.64. The molecule has 0 radical (unpaired) electrons. The van der Waals surface area contributed by atoms with Gasteiger partial charge in [-0.15, -0.1) is 0 Å². The van der Waals surface area contributed by atoms with Gasteiger partial charge >= 0.3 is 5.97 Å². The van der Waals surface area contributed by atoms with Crippen molar-refractivity contribution < 1.29 is 59.5 Å². The van der Waals surface area contributed by atoms with E-state index in [9.17, 15) is 40.5 Å². The van der Waals surface area contributed by atoms with Gasteiger partial charge in [0.25, 0.3) is 0 Å². The first kappa shape index (κ1) is 31.8. The normalized spacial score (nSPS) is 33.8. The summed E-state index contributed by atoms with van der Waals surface area (Å²) in [5.41, 5.74) is 1.43. The summed E-state index contributed by atoms with van der Waals surface area (Å²) >= 11 is 12.5. The van der Waals surface area contributed by atoms with Crippen molar-refractivity contribution in [3.63, 3.8) is 0 Å². The summed E-state index contributed by atoms with van der Waals surface area (Å²) in [5, 5.41) is 74.6. The zero-order chi connectivity index (χ0) is 29.8. The molecule has 0 aliphatic carbocycles. The van der Waals surface area contributed by atoms with Gasteiger partial charge in [0.15, 0.2) is 6.29 Å². The smallest absolute Gasteiger partial charge is 0.312 e. The molecule has 2 aliphatic heterocycles. The van der Waals surface area contributed by atoms with E-state index in [1.54, 1.807) is 42.5 Å². The Balaban J connectivity index is 1.42. The highest BCUT2D eigenvalue weighted by molar-refractivity contribution is 6.39. The number of carbonyl (C=O) groups excluding carboxylic acids is 1. The largest absolute Gasteiger partial charge is 0.432 e. The topological polar surface area (TPSA) is 208 Å². The molecule has 0 bridgehead atoms. The maximum absolute atomic E-state index is 12.8. The number of esters is 1. The van der Waals surface area contributed by atoms with Gasteiger partial charge in [-0.05, 0) is 23.8 Å². The Labute approximate surface area is 244 Å². The van der Waals surface area contributed by atoms with Gasteiger partial charge in [-0.3, -0.25) is 4.79 Å². The van der Waals surface area contributed by atoms with Crippen LogP contribution in [0.4, 0.5) is 11.4 Å². The average Bonchev–Trinajstić information content (AvgIpc) is 2.95. The lowest BCUT2D eigenvalue weighted by atomic mass is 9.97. The van der Waals surface area contributed by atoms with Crippen molar-refractivity contribution in [1.82, 2.24) is 0 Å². The Kier molecular flexibility index (Phi) is 10.8. The highest BCUT2D eigenvalue weighted by Crippen LogP contribution is 2.34. The molecule has 0 aromatic heterocycles. The van der Waals surface area contributed by atoms with Gasteiger partial charge in [0.1, 0.15) is 48.8 Å². The van der Waals surface area contributed by atoms with E-state index in [1.807, 2.05) is 0 Å². The number of hydrogen-bond donors (Lipinski definition) is 8. The predicted octanol–water partition coefficient (Wildman–Crippen LogP) is -0.553. The number of hydrogen-bond acceptors (Lipinski definition) is 13. The Morgan fingerprint density at radius 3 is 2.05 bits per heavy atom. The summed E-state index contributed by atoms with van der Waals surface area (Å²) in [5.74, 6) is -0.842. The number of carbonyl (C=O) groups is 1. The fraction of sp³-hybridized carbons (Fsp3) is 0.500. The van der Waals surface area contributed by atoms with Crippen LogP contribution in [0.3, 0.4) is 0 Å². The van der Waals surface area contributed by atoms with Gasteiger partial charge in [-0.1, -0.05) is 47.5 Å². The number of anilines is 2. The van der Waals surface area contributed by atoms with Crippen LogP contribution in [0.5, 0.6) is 0 Å². The summed E-state index contributed by atoms with van der Waals surface area (Å²) in [6, 6.07) is 11.7. The van der Waals surface area contributed by atoms with Crippen LogP contribution in [0.2, 0.25) is 10.0 Å². The van der Waals surface area contributed by atoms with Crippen LogP contribution in [0.25, 0.3) is 0 Å². The molecule has 13 nitrogen and oxygen atoms in total. The number of ether oxygens (including phenoxy) is 4. The van der Waals surface area contributed by atoms with Crippen LogP contribution in [-0.4, -0.2) is 116 Å². The number of rotatable bonds is 9. The van der Waals surface area contributed by atoms with E-state index >= 15 is 0 Å². The number of aliphatic hydroxyl groups is 7. The molecule has 2 heterocycles. The second kappa shape index (κ2) is 13.9. The summed E-state index contributed by atoms with van der Waals surface area (Å²) in [6.07, 6.45) is -16.8. The predicted molar refractivity (Wildman–Crippen MR) is 142 cm³/mol. The molecule has 0 spiro atoms. The fourth-order valence-electron chi connectivity index (χ4n) is 4.53. The molecule has 2 aromatic rings. The monoisotopic (exact) mass is 619 g/mol. The quantitative estimate of drug-likeness (QED) is 0.166.